The Morgan fingerprint density at radius 1 is 1.21 bits per heavy atom. The molecule has 1 aromatic carbocycles. The average molecular weight is 267 g/mol. The summed E-state index contributed by atoms with van der Waals surface area (Å²) in [6.45, 7) is 17.7. The van der Waals surface area contributed by atoms with Crippen LogP contribution in [0, 0.1) is 5.82 Å². The number of nitrogen functional groups attached to an aromatic ring is 1. The molecule has 2 heteroatoms. The fourth-order valence-corrected chi connectivity index (χ4v) is 1.46. The van der Waals surface area contributed by atoms with Gasteiger partial charge in [-0.2, -0.15) is 0 Å². The molecule has 0 aliphatic rings. The Kier molecular flexibility index (Phi) is 10.1. The second-order valence-electron chi connectivity index (χ2n) is 4.31. The number of hydrogen-bond acceptors (Lipinski definition) is 1. The lowest BCUT2D eigenvalue weighted by Crippen LogP contribution is -2.14. The molecule has 1 aromatic rings. The van der Waals surface area contributed by atoms with E-state index in [4.69, 9.17) is 5.73 Å². The number of benzene rings is 1. The van der Waals surface area contributed by atoms with E-state index in [1.165, 1.54) is 6.07 Å². The summed E-state index contributed by atoms with van der Waals surface area (Å²) in [6, 6.07) is 3.45. The molecular weight excluding hydrogens is 237 g/mol. The minimum atomic E-state index is -0.334. The van der Waals surface area contributed by atoms with Crippen LogP contribution in [0.1, 0.15) is 59.6 Å². The lowest BCUT2D eigenvalue weighted by Gasteiger charge is -2.22. The first-order chi connectivity index (χ1) is 8.92. The molecule has 0 saturated carbocycles. The van der Waals surface area contributed by atoms with Gasteiger partial charge in [-0.1, -0.05) is 60.6 Å². The van der Waals surface area contributed by atoms with Crippen molar-refractivity contribution in [3.63, 3.8) is 0 Å². The lowest BCUT2D eigenvalue weighted by molar-refractivity contribution is 0.611. The van der Waals surface area contributed by atoms with Gasteiger partial charge in [0.1, 0.15) is 5.82 Å². The van der Waals surface area contributed by atoms with Crippen LogP contribution in [-0.2, 0) is 11.8 Å². The van der Waals surface area contributed by atoms with Crippen LogP contribution in [0.3, 0.4) is 0 Å². The van der Waals surface area contributed by atoms with Crippen LogP contribution in [0.15, 0.2) is 24.8 Å². The summed E-state index contributed by atoms with van der Waals surface area (Å²) in [7, 11) is 0. The first kappa shape index (κ1) is 20.0. The molecule has 0 amide bonds. The Labute approximate surface area is 118 Å². The molecule has 0 aliphatic heterocycles. The summed E-state index contributed by atoms with van der Waals surface area (Å²) in [5, 5.41) is 0. The molecule has 0 spiro atoms. The third-order valence-electron chi connectivity index (χ3n) is 2.85. The third-order valence-corrected chi connectivity index (χ3v) is 2.85. The van der Waals surface area contributed by atoms with Crippen molar-refractivity contribution in [2.24, 2.45) is 0 Å². The number of rotatable bonds is 3. The van der Waals surface area contributed by atoms with Gasteiger partial charge in [0.25, 0.3) is 0 Å². The highest BCUT2D eigenvalue weighted by Crippen LogP contribution is 2.29. The molecule has 0 aromatic heterocycles. The van der Waals surface area contributed by atoms with E-state index in [-0.39, 0.29) is 16.9 Å². The van der Waals surface area contributed by atoms with Gasteiger partial charge in [0, 0.05) is 5.41 Å². The highest BCUT2D eigenvalue weighted by Gasteiger charge is 2.19. The summed E-state index contributed by atoms with van der Waals surface area (Å²) >= 11 is 0. The van der Waals surface area contributed by atoms with Crippen molar-refractivity contribution >= 4 is 5.69 Å². The first-order valence-corrected chi connectivity index (χ1v) is 7.14. The normalized spacial score (nSPS) is 9.68. The molecule has 0 atom stereocenters. The van der Waals surface area contributed by atoms with Crippen molar-refractivity contribution in [1.82, 2.24) is 0 Å². The maximum Gasteiger partial charge on any atom is 0.146 e. The summed E-state index contributed by atoms with van der Waals surface area (Å²) in [5.41, 5.74) is 7.47. The smallest absolute Gasteiger partial charge is 0.146 e. The van der Waals surface area contributed by atoms with Crippen molar-refractivity contribution < 1.29 is 4.39 Å². The van der Waals surface area contributed by atoms with Crippen LogP contribution in [0.4, 0.5) is 10.1 Å². The molecule has 19 heavy (non-hydrogen) atoms. The van der Waals surface area contributed by atoms with Crippen LogP contribution in [-0.4, -0.2) is 0 Å². The average Bonchev–Trinajstić information content (AvgIpc) is 2.45. The Morgan fingerprint density at radius 3 is 2.05 bits per heavy atom. The Hall–Kier alpha value is -1.31. The van der Waals surface area contributed by atoms with Crippen molar-refractivity contribution in [2.75, 3.05) is 5.73 Å². The van der Waals surface area contributed by atoms with E-state index in [1.807, 2.05) is 60.6 Å². The van der Waals surface area contributed by atoms with E-state index in [0.717, 1.165) is 17.5 Å². The van der Waals surface area contributed by atoms with Gasteiger partial charge in [0.15, 0.2) is 0 Å². The molecule has 1 nitrogen and oxygen atoms in total. The largest absolute Gasteiger partial charge is 0.396 e. The zero-order valence-electron chi connectivity index (χ0n) is 13.6. The molecule has 0 bridgehead atoms. The van der Waals surface area contributed by atoms with E-state index >= 15 is 0 Å². The maximum absolute atomic E-state index is 13.5. The van der Waals surface area contributed by atoms with Crippen LogP contribution >= 0.6 is 0 Å². The van der Waals surface area contributed by atoms with Gasteiger partial charge in [-0.15, -0.1) is 6.58 Å². The summed E-state index contributed by atoms with van der Waals surface area (Å²) in [6.07, 6.45) is 2.56. The van der Waals surface area contributed by atoms with Crippen LogP contribution < -0.4 is 5.73 Å². The number of anilines is 1. The molecular formula is C17H30FN. The second-order valence-corrected chi connectivity index (χ2v) is 4.31. The molecule has 0 radical (unpaired) electrons. The Bertz CT molecular complexity index is 381. The van der Waals surface area contributed by atoms with Gasteiger partial charge in [-0.3, -0.25) is 0 Å². The van der Waals surface area contributed by atoms with Crippen molar-refractivity contribution in [1.29, 1.82) is 0 Å². The standard InChI is InChI=1S/C13H18FN.2C2H6/c1-5-9-7-10(13(3,4)6-2)8-11(14)12(9)15;2*1-2/h6-8H,2,5,15H2,1,3-4H3;2*1-2H3. The van der Waals surface area contributed by atoms with E-state index in [2.05, 4.69) is 6.58 Å². The van der Waals surface area contributed by atoms with Crippen molar-refractivity contribution in [3.05, 3.63) is 41.7 Å². The van der Waals surface area contributed by atoms with Crippen molar-refractivity contribution in [3.8, 4) is 0 Å². The molecule has 0 saturated heterocycles. The predicted molar refractivity (Wildman–Crippen MR) is 86.1 cm³/mol. The van der Waals surface area contributed by atoms with Gasteiger partial charge in [0.05, 0.1) is 5.69 Å². The lowest BCUT2D eigenvalue weighted by atomic mass is 9.83. The fraction of sp³-hybridized carbons (Fsp3) is 0.529. The maximum atomic E-state index is 13.5. The molecule has 0 aliphatic carbocycles. The molecule has 2 N–H and O–H groups in total. The predicted octanol–water partition coefficient (Wildman–Crippen LogP) is 5.49. The van der Waals surface area contributed by atoms with Gasteiger partial charge < -0.3 is 5.73 Å². The molecule has 0 unspecified atom stereocenters. The van der Waals surface area contributed by atoms with Gasteiger partial charge >= 0.3 is 0 Å². The first-order valence-electron chi connectivity index (χ1n) is 7.14. The molecule has 1 rings (SSSR count). The van der Waals surface area contributed by atoms with Crippen molar-refractivity contribution in [2.45, 2.75) is 60.3 Å². The van der Waals surface area contributed by atoms with Crippen LogP contribution in [0.25, 0.3) is 0 Å². The van der Waals surface area contributed by atoms with E-state index < -0.39 is 0 Å². The SMILES string of the molecule is C=CC(C)(C)c1cc(F)c(N)c(CC)c1.CC.CC. The van der Waals surface area contributed by atoms with E-state index in [9.17, 15) is 4.39 Å². The summed E-state index contributed by atoms with van der Waals surface area (Å²) < 4.78 is 13.5. The quantitative estimate of drug-likeness (QED) is 0.569. The fourth-order valence-electron chi connectivity index (χ4n) is 1.46. The number of halogens is 1. The minimum absolute atomic E-state index is 0.224. The number of hydrogen-bond donors (Lipinski definition) is 1. The topological polar surface area (TPSA) is 26.0 Å². The number of allylic oxidation sites excluding steroid dienone is 1. The number of aryl methyl sites for hydroxylation is 1. The van der Waals surface area contributed by atoms with E-state index in [1.54, 1.807) is 0 Å². The summed E-state index contributed by atoms with van der Waals surface area (Å²) in [4.78, 5) is 0. The number of nitrogens with two attached hydrogens (primary N) is 1. The zero-order valence-corrected chi connectivity index (χ0v) is 13.6. The third kappa shape index (κ3) is 5.46. The van der Waals surface area contributed by atoms with Gasteiger partial charge in [-0.25, -0.2) is 4.39 Å². The van der Waals surface area contributed by atoms with Crippen LogP contribution in [0.5, 0.6) is 0 Å². The highest BCUT2D eigenvalue weighted by molar-refractivity contribution is 5.51. The van der Waals surface area contributed by atoms with E-state index in [0.29, 0.717) is 0 Å². The second kappa shape index (κ2) is 9.60. The molecule has 110 valence electrons. The Balaban J connectivity index is 0. The highest BCUT2D eigenvalue weighted by atomic mass is 19.1. The monoisotopic (exact) mass is 267 g/mol. The summed E-state index contributed by atoms with van der Waals surface area (Å²) in [5.74, 6) is -0.334. The van der Waals surface area contributed by atoms with Gasteiger partial charge in [0.2, 0.25) is 0 Å². The van der Waals surface area contributed by atoms with Crippen LogP contribution in [0.2, 0.25) is 0 Å². The minimum Gasteiger partial charge on any atom is -0.396 e. The zero-order chi connectivity index (χ0) is 15.6. The molecule has 0 fully saturated rings. The Morgan fingerprint density at radius 2 is 1.68 bits per heavy atom. The molecule has 0 heterocycles. The van der Waals surface area contributed by atoms with Gasteiger partial charge in [-0.05, 0) is 23.6 Å².